The van der Waals surface area contributed by atoms with Crippen LogP contribution in [0.25, 0.3) is 21.8 Å². The molecule has 0 unspecified atom stereocenters. The SMILES string of the molecule is Cc1[c]c2cc3ccccc3nc2cc1C. The number of aryl methyl sites for hydroxylation is 2. The van der Waals surface area contributed by atoms with Crippen molar-refractivity contribution in [3.63, 3.8) is 0 Å². The van der Waals surface area contributed by atoms with Gasteiger partial charge < -0.3 is 0 Å². The first-order valence-corrected chi connectivity index (χ1v) is 5.43. The molecule has 0 N–H and O–H groups in total. The average Bonchev–Trinajstić information content (AvgIpc) is 2.28. The summed E-state index contributed by atoms with van der Waals surface area (Å²) in [5.74, 6) is 0. The van der Waals surface area contributed by atoms with Gasteiger partial charge in [-0.15, -0.1) is 0 Å². The molecule has 0 bridgehead atoms. The maximum Gasteiger partial charge on any atom is 0.0718 e. The molecule has 1 radical (unpaired) electrons. The second-order valence-electron chi connectivity index (χ2n) is 4.19. The second-order valence-corrected chi connectivity index (χ2v) is 4.19. The van der Waals surface area contributed by atoms with E-state index in [4.69, 9.17) is 0 Å². The number of benzene rings is 2. The molecule has 0 atom stereocenters. The quantitative estimate of drug-likeness (QED) is 0.510. The maximum atomic E-state index is 4.65. The van der Waals surface area contributed by atoms with Gasteiger partial charge in [-0.25, -0.2) is 4.98 Å². The van der Waals surface area contributed by atoms with E-state index in [0.29, 0.717) is 0 Å². The lowest BCUT2D eigenvalue weighted by Crippen LogP contribution is -1.86. The highest BCUT2D eigenvalue weighted by Crippen LogP contribution is 2.21. The Balaban J connectivity index is 2.46. The van der Waals surface area contributed by atoms with E-state index in [2.05, 4.69) is 43.1 Å². The molecule has 16 heavy (non-hydrogen) atoms. The van der Waals surface area contributed by atoms with Crippen LogP contribution in [0, 0.1) is 19.9 Å². The molecule has 0 fully saturated rings. The monoisotopic (exact) mass is 206 g/mol. The maximum absolute atomic E-state index is 4.65. The van der Waals surface area contributed by atoms with Gasteiger partial charge >= 0.3 is 0 Å². The third-order valence-corrected chi connectivity index (χ3v) is 3.02. The number of aromatic nitrogens is 1. The Bertz CT molecular complexity index is 623. The number of pyridine rings is 1. The minimum Gasteiger partial charge on any atom is -0.248 e. The normalized spacial score (nSPS) is 11.1. The highest BCUT2D eigenvalue weighted by atomic mass is 14.7. The van der Waals surface area contributed by atoms with Crippen molar-refractivity contribution < 1.29 is 0 Å². The molecule has 1 nitrogen and oxygen atoms in total. The Hall–Kier alpha value is -1.89. The molecule has 0 aliphatic carbocycles. The van der Waals surface area contributed by atoms with Crippen molar-refractivity contribution in [2.45, 2.75) is 13.8 Å². The van der Waals surface area contributed by atoms with E-state index in [9.17, 15) is 0 Å². The van der Waals surface area contributed by atoms with Crippen LogP contribution in [0.2, 0.25) is 0 Å². The molecule has 0 spiro atoms. The number of fused-ring (bicyclic) bond motifs is 2. The largest absolute Gasteiger partial charge is 0.248 e. The van der Waals surface area contributed by atoms with Crippen LogP contribution in [0.5, 0.6) is 0 Å². The molecule has 0 aliphatic rings. The van der Waals surface area contributed by atoms with Crippen LogP contribution >= 0.6 is 0 Å². The summed E-state index contributed by atoms with van der Waals surface area (Å²) in [5, 5.41) is 2.27. The number of nitrogens with zero attached hydrogens (tertiary/aromatic N) is 1. The van der Waals surface area contributed by atoms with E-state index in [1.54, 1.807) is 0 Å². The fourth-order valence-corrected chi connectivity index (χ4v) is 1.95. The molecule has 3 rings (SSSR count). The predicted molar refractivity (Wildman–Crippen MR) is 67.6 cm³/mol. The van der Waals surface area contributed by atoms with E-state index < -0.39 is 0 Å². The summed E-state index contributed by atoms with van der Waals surface area (Å²) in [6.07, 6.45) is 0. The van der Waals surface area contributed by atoms with Crippen molar-refractivity contribution in [3.05, 3.63) is 53.6 Å². The number of hydrogen-bond donors (Lipinski definition) is 0. The van der Waals surface area contributed by atoms with Crippen molar-refractivity contribution >= 4 is 21.8 Å². The zero-order valence-electron chi connectivity index (χ0n) is 9.41. The van der Waals surface area contributed by atoms with Gasteiger partial charge in [-0.1, -0.05) is 18.2 Å². The van der Waals surface area contributed by atoms with E-state index in [0.717, 1.165) is 16.4 Å². The van der Waals surface area contributed by atoms with Crippen molar-refractivity contribution in [3.8, 4) is 0 Å². The first kappa shape index (κ1) is 9.34. The molecule has 0 amide bonds. The van der Waals surface area contributed by atoms with E-state index in [-0.39, 0.29) is 0 Å². The Kier molecular flexibility index (Phi) is 1.93. The summed E-state index contributed by atoms with van der Waals surface area (Å²) in [7, 11) is 0. The summed E-state index contributed by atoms with van der Waals surface area (Å²) in [6, 6.07) is 15.9. The van der Waals surface area contributed by atoms with Crippen molar-refractivity contribution in [2.24, 2.45) is 0 Å². The van der Waals surface area contributed by atoms with Crippen LogP contribution in [-0.2, 0) is 0 Å². The predicted octanol–water partition coefficient (Wildman–Crippen LogP) is 3.81. The van der Waals surface area contributed by atoms with Crippen molar-refractivity contribution in [2.75, 3.05) is 0 Å². The summed E-state index contributed by atoms with van der Waals surface area (Å²) in [5.41, 5.74) is 4.52. The van der Waals surface area contributed by atoms with Crippen LogP contribution < -0.4 is 0 Å². The summed E-state index contributed by atoms with van der Waals surface area (Å²) in [4.78, 5) is 4.65. The minimum atomic E-state index is 1.03. The van der Waals surface area contributed by atoms with Crippen molar-refractivity contribution in [1.82, 2.24) is 4.98 Å². The number of para-hydroxylation sites is 1. The van der Waals surface area contributed by atoms with Crippen molar-refractivity contribution in [1.29, 1.82) is 0 Å². The standard InChI is InChI=1S/C15H12N/c1-10-7-13-9-12-5-3-4-6-14(12)16-15(13)8-11(10)2/h3-6,8-9H,1-2H3. The van der Waals surface area contributed by atoms with Gasteiger partial charge in [-0.05, 0) is 49.2 Å². The minimum absolute atomic E-state index is 1.03. The van der Waals surface area contributed by atoms with Crippen LogP contribution in [0.15, 0.2) is 36.4 Å². The van der Waals surface area contributed by atoms with Gasteiger partial charge in [0.05, 0.1) is 11.0 Å². The second kappa shape index (κ2) is 3.31. The molecule has 0 saturated heterocycles. The van der Waals surface area contributed by atoms with Gasteiger partial charge in [0, 0.05) is 10.8 Å². The van der Waals surface area contributed by atoms with Crippen LogP contribution in [0.1, 0.15) is 11.1 Å². The molecule has 3 aromatic rings. The average molecular weight is 206 g/mol. The fraction of sp³-hybridized carbons (Fsp3) is 0.133. The fourth-order valence-electron chi connectivity index (χ4n) is 1.95. The summed E-state index contributed by atoms with van der Waals surface area (Å²) < 4.78 is 0. The molecule has 2 aromatic carbocycles. The number of rotatable bonds is 0. The molecule has 0 saturated carbocycles. The zero-order chi connectivity index (χ0) is 11.1. The Morgan fingerprint density at radius 3 is 2.69 bits per heavy atom. The molecule has 1 heteroatoms. The topological polar surface area (TPSA) is 12.9 Å². The molecular formula is C15H12N. The first-order valence-electron chi connectivity index (χ1n) is 5.43. The molecule has 1 aromatic heterocycles. The first-order chi connectivity index (χ1) is 7.74. The molecule has 1 heterocycles. The van der Waals surface area contributed by atoms with Gasteiger partial charge in [0.25, 0.3) is 0 Å². The number of hydrogen-bond acceptors (Lipinski definition) is 1. The van der Waals surface area contributed by atoms with Gasteiger partial charge in [-0.3, -0.25) is 0 Å². The van der Waals surface area contributed by atoms with E-state index in [1.165, 1.54) is 16.5 Å². The Morgan fingerprint density at radius 2 is 1.81 bits per heavy atom. The van der Waals surface area contributed by atoms with Crippen LogP contribution in [-0.4, -0.2) is 4.98 Å². The van der Waals surface area contributed by atoms with Gasteiger partial charge in [-0.2, -0.15) is 0 Å². The van der Waals surface area contributed by atoms with Gasteiger partial charge in [0.2, 0.25) is 0 Å². The molecular weight excluding hydrogens is 194 g/mol. The third-order valence-electron chi connectivity index (χ3n) is 3.02. The van der Waals surface area contributed by atoms with Crippen LogP contribution in [0.3, 0.4) is 0 Å². The highest BCUT2D eigenvalue weighted by Gasteiger charge is 2.01. The van der Waals surface area contributed by atoms with E-state index in [1.807, 2.05) is 18.2 Å². The van der Waals surface area contributed by atoms with Gasteiger partial charge in [0.1, 0.15) is 0 Å². The smallest absolute Gasteiger partial charge is 0.0718 e. The van der Waals surface area contributed by atoms with Gasteiger partial charge in [0.15, 0.2) is 0 Å². The molecule has 0 aliphatic heterocycles. The lowest BCUT2D eigenvalue weighted by molar-refractivity contribution is 1.34. The highest BCUT2D eigenvalue weighted by molar-refractivity contribution is 5.92. The Labute approximate surface area is 94.7 Å². The lowest BCUT2D eigenvalue weighted by atomic mass is 10.0. The van der Waals surface area contributed by atoms with E-state index >= 15 is 0 Å². The third kappa shape index (κ3) is 1.36. The summed E-state index contributed by atoms with van der Waals surface area (Å²) >= 11 is 0. The summed E-state index contributed by atoms with van der Waals surface area (Å²) in [6.45, 7) is 4.19. The molecule has 77 valence electrons. The zero-order valence-corrected chi connectivity index (χ0v) is 9.41. The Morgan fingerprint density at radius 1 is 1.00 bits per heavy atom. The van der Waals surface area contributed by atoms with Crippen LogP contribution in [0.4, 0.5) is 0 Å². The lowest BCUT2D eigenvalue weighted by Gasteiger charge is -2.04.